The second kappa shape index (κ2) is 6.12. The van der Waals surface area contributed by atoms with Gasteiger partial charge in [-0.05, 0) is 32.2 Å². The first kappa shape index (κ1) is 13.3. The SMILES string of the molecule is CC(C)C(CN(C)C)NC1CCSC1C. The lowest BCUT2D eigenvalue weighted by molar-refractivity contribution is 0.268. The molecule has 0 radical (unpaired) electrons. The number of nitrogens with one attached hydrogen (secondary N) is 1. The zero-order chi connectivity index (χ0) is 11.4. The van der Waals surface area contributed by atoms with Crippen molar-refractivity contribution in [1.29, 1.82) is 0 Å². The molecule has 1 N–H and O–H groups in total. The van der Waals surface area contributed by atoms with Gasteiger partial charge in [-0.25, -0.2) is 0 Å². The van der Waals surface area contributed by atoms with Crippen LogP contribution in [-0.4, -0.2) is 48.6 Å². The van der Waals surface area contributed by atoms with Gasteiger partial charge in [-0.2, -0.15) is 11.8 Å². The maximum Gasteiger partial charge on any atom is 0.0220 e. The average molecular weight is 230 g/mol. The Bertz CT molecular complexity index is 182. The highest BCUT2D eigenvalue weighted by Crippen LogP contribution is 2.26. The Balaban J connectivity index is 2.43. The molecule has 3 atom stereocenters. The molecule has 1 fully saturated rings. The summed E-state index contributed by atoms with van der Waals surface area (Å²) < 4.78 is 0. The van der Waals surface area contributed by atoms with Crippen LogP contribution >= 0.6 is 11.8 Å². The summed E-state index contributed by atoms with van der Waals surface area (Å²) >= 11 is 2.10. The molecule has 1 aliphatic rings. The fourth-order valence-corrected chi connectivity index (χ4v) is 3.28. The lowest BCUT2D eigenvalue weighted by Gasteiger charge is -2.30. The van der Waals surface area contributed by atoms with Crippen molar-refractivity contribution in [2.24, 2.45) is 5.92 Å². The maximum absolute atomic E-state index is 3.83. The van der Waals surface area contributed by atoms with Crippen LogP contribution in [0.15, 0.2) is 0 Å². The molecule has 0 bridgehead atoms. The van der Waals surface area contributed by atoms with Gasteiger partial charge in [0.15, 0.2) is 0 Å². The lowest BCUT2D eigenvalue weighted by atomic mass is 10.0. The van der Waals surface area contributed by atoms with E-state index in [-0.39, 0.29) is 0 Å². The summed E-state index contributed by atoms with van der Waals surface area (Å²) in [4.78, 5) is 2.28. The summed E-state index contributed by atoms with van der Waals surface area (Å²) in [6.07, 6.45) is 1.34. The van der Waals surface area contributed by atoms with Crippen LogP contribution < -0.4 is 5.32 Å². The topological polar surface area (TPSA) is 15.3 Å². The van der Waals surface area contributed by atoms with Crippen LogP contribution in [-0.2, 0) is 0 Å². The molecule has 0 spiro atoms. The number of hydrogen-bond acceptors (Lipinski definition) is 3. The molecule has 15 heavy (non-hydrogen) atoms. The van der Waals surface area contributed by atoms with Crippen molar-refractivity contribution in [3.8, 4) is 0 Å². The summed E-state index contributed by atoms with van der Waals surface area (Å²) in [6.45, 7) is 8.12. The van der Waals surface area contributed by atoms with Crippen LogP contribution in [0.5, 0.6) is 0 Å². The molecule has 90 valence electrons. The Labute approximate surface area is 99.2 Å². The minimum atomic E-state index is 0.631. The molecular formula is C12H26N2S. The van der Waals surface area contributed by atoms with Gasteiger partial charge in [-0.1, -0.05) is 20.8 Å². The molecule has 1 heterocycles. The largest absolute Gasteiger partial charge is 0.309 e. The molecule has 2 nitrogen and oxygen atoms in total. The summed E-state index contributed by atoms with van der Waals surface area (Å²) in [7, 11) is 4.31. The molecule has 0 aromatic rings. The third-order valence-electron chi connectivity index (χ3n) is 3.17. The Morgan fingerprint density at radius 1 is 1.40 bits per heavy atom. The van der Waals surface area contributed by atoms with E-state index in [0.29, 0.717) is 12.0 Å². The Morgan fingerprint density at radius 2 is 2.07 bits per heavy atom. The second-order valence-corrected chi connectivity index (χ2v) is 6.74. The molecule has 0 aromatic heterocycles. The van der Waals surface area contributed by atoms with Gasteiger partial charge in [-0.15, -0.1) is 0 Å². The monoisotopic (exact) mass is 230 g/mol. The van der Waals surface area contributed by atoms with Crippen LogP contribution in [0.2, 0.25) is 0 Å². The Hall–Kier alpha value is 0.270. The predicted octanol–water partition coefficient (Wildman–Crippen LogP) is 2.06. The minimum absolute atomic E-state index is 0.631. The van der Waals surface area contributed by atoms with Gasteiger partial charge in [0.1, 0.15) is 0 Å². The number of nitrogens with zero attached hydrogens (tertiary/aromatic N) is 1. The van der Waals surface area contributed by atoms with Crippen molar-refractivity contribution in [1.82, 2.24) is 10.2 Å². The summed E-state index contributed by atoms with van der Waals surface area (Å²) in [6, 6.07) is 1.36. The van der Waals surface area contributed by atoms with Crippen LogP contribution in [0.4, 0.5) is 0 Å². The van der Waals surface area contributed by atoms with E-state index in [1.165, 1.54) is 12.2 Å². The zero-order valence-corrected chi connectivity index (χ0v) is 11.6. The number of thioether (sulfide) groups is 1. The van der Waals surface area contributed by atoms with E-state index in [1.807, 2.05) is 0 Å². The first-order valence-corrected chi connectivity index (χ1v) is 7.08. The second-order valence-electron chi connectivity index (χ2n) is 5.25. The van der Waals surface area contributed by atoms with Crippen molar-refractivity contribution in [3.63, 3.8) is 0 Å². The highest BCUT2D eigenvalue weighted by atomic mass is 32.2. The van der Waals surface area contributed by atoms with Crippen LogP contribution in [0, 0.1) is 5.92 Å². The number of rotatable bonds is 5. The smallest absolute Gasteiger partial charge is 0.0220 e. The molecule has 1 saturated heterocycles. The number of likely N-dealkylation sites (N-methyl/N-ethyl adjacent to an activating group) is 1. The van der Waals surface area contributed by atoms with E-state index < -0.39 is 0 Å². The Morgan fingerprint density at radius 3 is 2.47 bits per heavy atom. The van der Waals surface area contributed by atoms with Gasteiger partial charge in [0.2, 0.25) is 0 Å². The maximum atomic E-state index is 3.83. The first-order chi connectivity index (χ1) is 7.00. The molecule has 3 unspecified atom stereocenters. The summed E-state index contributed by atoms with van der Waals surface area (Å²) in [5.41, 5.74) is 0. The summed E-state index contributed by atoms with van der Waals surface area (Å²) in [5, 5.41) is 4.62. The van der Waals surface area contributed by atoms with E-state index in [4.69, 9.17) is 0 Å². The van der Waals surface area contributed by atoms with Crippen molar-refractivity contribution >= 4 is 11.8 Å². The number of hydrogen-bond donors (Lipinski definition) is 1. The van der Waals surface area contributed by atoms with E-state index >= 15 is 0 Å². The molecule has 1 aliphatic heterocycles. The van der Waals surface area contributed by atoms with Crippen molar-refractivity contribution in [2.45, 2.75) is 44.5 Å². The predicted molar refractivity (Wildman–Crippen MR) is 70.6 cm³/mol. The van der Waals surface area contributed by atoms with Crippen LogP contribution in [0.1, 0.15) is 27.2 Å². The molecule has 0 aliphatic carbocycles. The van der Waals surface area contributed by atoms with Gasteiger partial charge in [0, 0.05) is 23.9 Å². The van der Waals surface area contributed by atoms with Gasteiger partial charge in [-0.3, -0.25) is 0 Å². The quantitative estimate of drug-likeness (QED) is 0.778. The van der Waals surface area contributed by atoms with E-state index in [2.05, 4.69) is 56.8 Å². The summed E-state index contributed by atoms with van der Waals surface area (Å²) in [5.74, 6) is 2.04. The van der Waals surface area contributed by atoms with Crippen molar-refractivity contribution in [3.05, 3.63) is 0 Å². The fraction of sp³-hybridized carbons (Fsp3) is 1.00. The van der Waals surface area contributed by atoms with Crippen LogP contribution in [0.25, 0.3) is 0 Å². The van der Waals surface area contributed by atoms with Crippen molar-refractivity contribution in [2.75, 3.05) is 26.4 Å². The molecule has 1 rings (SSSR count). The molecule has 0 saturated carbocycles. The zero-order valence-electron chi connectivity index (χ0n) is 10.8. The molecule has 0 aromatic carbocycles. The standard InChI is InChI=1S/C12H26N2S/c1-9(2)12(8-14(4)5)13-11-6-7-15-10(11)3/h9-13H,6-8H2,1-5H3. The highest BCUT2D eigenvalue weighted by Gasteiger charge is 2.27. The average Bonchev–Trinajstić information content (AvgIpc) is 2.50. The first-order valence-electron chi connectivity index (χ1n) is 6.03. The molecular weight excluding hydrogens is 204 g/mol. The molecule has 3 heteroatoms. The van der Waals surface area contributed by atoms with E-state index in [0.717, 1.165) is 17.8 Å². The normalized spacial score (nSPS) is 29.0. The van der Waals surface area contributed by atoms with Gasteiger partial charge in [0.05, 0.1) is 0 Å². The van der Waals surface area contributed by atoms with Gasteiger partial charge < -0.3 is 10.2 Å². The van der Waals surface area contributed by atoms with E-state index in [9.17, 15) is 0 Å². The minimum Gasteiger partial charge on any atom is -0.309 e. The lowest BCUT2D eigenvalue weighted by Crippen LogP contribution is -2.48. The van der Waals surface area contributed by atoms with Crippen LogP contribution in [0.3, 0.4) is 0 Å². The van der Waals surface area contributed by atoms with E-state index in [1.54, 1.807) is 0 Å². The van der Waals surface area contributed by atoms with Crippen molar-refractivity contribution < 1.29 is 0 Å². The third kappa shape index (κ3) is 4.33. The van der Waals surface area contributed by atoms with Gasteiger partial charge >= 0.3 is 0 Å². The highest BCUT2D eigenvalue weighted by molar-refractivity contribution is 8.00. The Kier molecular flexibility index (Phi) is 5.44. The molecule has 0 amide bonds. The fourth-order valence-electron chi connectivity index (χ4n) is 2.07. The van der Waals surface area contributed by atoms with Gasteiger partial charge in [0.25, 0.3) is 0 Å². The third-order valence-corrected chi connectivity index (χ3v) is 4.50.